The summed E-state index contributed by atoms with van der Waals surface area (Å²) in [5.41, 5.74) is 5.60. The van der Waals surface area contributed by atoms with Crippen LogP contribution in [-0.4, -0.2) is 34.6 Å². The van der Waals surface area contributed by atoms with Gasteiger partial charge in [-0.1, -0.05) is 6.92 Å². The highest BCUT2D eigenvalue weighted by Gasteiger charge is 2.13. The predicted molar refractivity (Wildman–Crippen MR) is 63.6 cm³/mol. The normalized spacial score (nSPS) is 12.2. The Morgan fingerprint density at radius 2 is 2.00 bits per heavy atom. The molecule has 1 aromatic rings. The molecule has 6 nitrogen and oxygen atoms in total. The van der Waals surface area contributed by atoms with E-state index in [9.17, 15) is 0 Å². The van der Waals surface area contributed by atoms with Crippen LogP contribution in [0, 0.1) is 0 Å². The molecule has 1 unspecified atom stereocenters. The molecule has 0 aliphatic carbocycles. The lowest BCUT2D eigenvalue weighted by atomic mass is 10.2. The van der Waals surface area contributed by atoms with Crippen LogP contribution in [0.4, 0.5) is 11.9 Å². The number of ether oxygens (including phenoxy) is 1. The second kappa shape index (κ2) is 5.48. The number of hydrogen-bond acceptors (Lipinski definition) is 6. The summed E-state index contributed by atoms with van der Waals surface area (Å²) in [6, 6.07) is 0.622. The minimum atomic E-state index is 0.184. The van der Waals surface area contributed by atoms with Gasteiger partial charge in [0.25, 0.3) is 0 Å². The van der Waals surface area contributed by atoms with Crippen molar-refractivity contribution in [1.29, 1.82) is 0 Å². The van der Waals surface area contributed by atoms with Crippen LogP contribution >= 0.6 is 0 Å². The quantitative estimate of drug-likeness (QED) is 0.808. The number of aromatic nitrogens is 3. The molecule has 0 aliphatic heterocycles. The van der Waals surface area contributed by atoms with E-state index in [1.54, 1.807) is 0 Å². The van der Waals surface area contributed by atoms with Crippen molar-refractivity contribution in [3.05, 3.63) is 0 Å². The maximum Gasteiger partial charge on any atom is 0.323 e. The molecule has 0 radical (unpaired) electrons. The monoisotopic (exact) mass is 225 g/mol. The third-order valence-corrected chi connectivity index (χ3v) is 2.46. The molecule has 0 bridgehead atoms. The Bertz CT molecular complexity index is 344. The molecule has 6 heteroatoms. The molecular formula is C10H19N5O. The summed E-state index contributed by atoms with van der Waals surface area (Å²) < 4.78 is 5.22. The Kier molecular flexibility index (Phi) is 4.28. The van der Waals surface area contributed by atoms with E-state index in [0.29, 0.717) is 18.6 Å². The number of rotatable bonds is 5. The van der Waals surface area contributed by atoms with Crippen LogP contribution in [0.1, 0.15) is 27.2 Å². The van der Waals surface area contributed by atoms with E-state index >= 15 is 0 Å². The van der Waals surface area contributed by atoms with E-state index in [0.717, 1.165) is 6.42 Å². The van der Waals surface area contributed by atoms with Crippen LogP contribution in [0.15, 0.2) is 0 Å². The highest BCUT2D eigenvalue weighted by molar-refractivity contribution is 5.35. The fourth-order valence-electron chi connectivity index (χ4n) is 1.18. The first-order valence-electron chi connectivity index (χ1n) is 5.45. The van der Waals surface area contributed by atoms with E-state index in [-0.39, 0.29) is 12.0 Å². The summed E-state index contributed by atoms with van der Waals surface area (Å²) in [6.45, 7) is 6.59. The molecule has 16 heavy (non-hydrogen) atoms. The molecule has 1 rings (SSSR count). The van der Waals surface area contributed by atoms with Gasteiger partial charge in [0.05, 0.1) is 6.61 Å². The summed E-state index contributed by atoms with van der Waals surface area (Å²) in [5, 5.41) is 0. The van der Waals surface area contributed by atoms with E-state index < -0.39 is 0 Å². The molecular weight excluding hydrogens is 206 g/mol. The molecule has 0 fully saturated rings. The van der Waals surface area contributed by atoms with Gasteiger partial charge in [0.1, 0.15) is 0 Å². The lowest BCUT2D eigenvalue weighted by molar-refractivity contribution is 0.312. The van der Waals surface area contributed by atoms with Crippen molar-refractivity contribution < 1.29 is 4.74 Å². The third-order valence-electron chi connectivity index (χ3n) is 2.46. The molecule has 0 aromatic carbocycles. The summed E-state index contributed by atoms with van der Waals surface area (Å²) >= 11 is 0. The average Bonchev–Trinajstić information content (AvgIpc) is 2.26. The van der Waals surface area contributed by atoms with Crippen molar-refractivity contribution in [1.82, 2.24) is 15.0 Å². The van der Waals surface area contributed by atoms with Crippen molar-refractivity contribution in [2.45, 2.75) is 33.2 Å². The minimum Gasteiger partial charge on any atom is -0.464 e. The number of nitrogens with two attached hydrogens (primary N) is 1. The van der Waals surface area contributed by atoms with Gasteiger partial charge in [-0.15, -0.1) is 0 Å². The molecule has 1 heterocycles. The van der Waals surface area contributed by atoms with Gasteiger partial charge >= 0.3 is 6.01 Å². The van der Waals surface area contributed by atoms with Gasteiger partial charge in [-0.3, -0.25) is 0 Å². The van der Waals surface area contributed by atoms with Gasteiger partial charge in [0.2, 0.25) is 11.9 Å². The summed E-state index contributed by atoms with van der Waals surface area (Å²) in [6.07, 6.45) is 1.01. The summed E-state index contributed by atoms with van der Waals surface area (Å²) in [4.78, 5) is 14.1. The second-order valence-corrected chi connectivity index (χ2v) is 3.58. The molecule has 2 N–H and O–H groups in total. The first kappa shape index (κ1) is 12.5. The Hall–Kier alpha value is -1.59. The Balaban J connectivity index is 2.94. The zero-order valence-corrected chi connectivity index (χ0v) is 10.3. The van der Waals surface area contributed by atoms with Crippen LogP contribution in [0.5, 0.6) is 6.01 Å². The fourth-order valence-corrected chi connectivity index (χ4v) is 1.18. The highest BCUT2D eigenvalue weighted by atomic mass is 16.5. The third kappa shape index (κ3) is 2.95. The molecule has 1 atom stereocenters. The zero-order chi connectivity index (χ0) is 12.1. The highest BCUT2D eigenvalue weighted by Crippen LogP contribution is 2.15. The van der Waals surface area contributed by atoms with Crippen molar-refractivity contribution >= 4 is 11.9 Å². The molecule has 0 saturated heterocycles. The van der Waals surface area contributed by atoms with Gasteiger partial charge in [-0.05, 0) is 20.3 Å². The molecule has 90 valence electrons. The van der Waals surface area contributed by atoms with Crippen molar-refractivity contribution in [3.8, 4) is 6.01 Å². The number of hydrogen-bond donors (Lipinski definition) is 1. The predicted octanol–water partition coefficient (Wildman–Crippen LogP) is 1.09. The molecule has 0 amide bonds. The maximum absolute atomic E-state index is 5.60. The second-order valence-electron chi connectivity index (χ2n) is 3.58. The van der Waals surface area contributed by atoms with E-state index in [1.165, 1.54) is 0 Å². The topological polar surface area (TPSA) is 77.2 Å². The Morgan fingerprint density at radius 1 is 1.31 bits per heavy atom. The Morgan fingerprint density at radius 3 is 2.56 bits per heavy atom. The lowest BCUT2D eigenvalue weighted by Crippen LogP contribution is -2.30. The largest absolute Gasteiger partial charge is 0.464 e. The van der Waals surface area contributed by atoms with Crippen molar-refractivity contribution in [3.63, 3.8) is 0 Å². The van der Waals surface area contributed by atoms with Crippen LogP contribution in [0.25, 0.3) is 0 Å². The first-order valence-corrected chi connectivity index (χ1v) is 5.45. The van der Waals surface area contributed by atoms with Gasteiger partial charge < -0.3 is 15.4 Å². The lowest BCUT2D eigenvalue weighted by Gasteiger charge is -2.23. The molecule has 0 aliphatic rings. The summed E-state index contributed by atoms with van der Waals surface area (Å²) in [5.74, 6) is 0.730. The van der Waals surface area contributed by atoms with E-state index in [4.69, 9.17) is 10.5 Å². The number of nitrogens with zero attached hydrogens (tertiary/aromatic N) is 4. The van der Waals surface area contributed by atoms with Gasteiger partial charge in [-0.25, -0.2) is 0 Å². The average molecular weight is 225 g/mol. The van der Waals surface area contributed by atoms with Crippen LogP contribution in [0.3, 0.4) is 0 Å². The number of nitrogen functional groups attached to an aromatic ring is 1. The van der Waals surface area contributed by atoms with Crippen molar-refractivity contribution in [2.75, 3.05) is 24.3 Å². The van der Waals surface area contributed by atoms with Crippen LogP contribution in [-0.2, 0) is 0 Å². The zero-order valence-electron chi connectivity index (χ0n) is 10.3. The van der Waals surface area contributed by atoms with Crippen LogP contribution in [0.2, 0.25) is 0 Å². The van der Waals surface area contributed by atoms with Crippen LogP contribution < -0.4 is 15.4 Å². The number of anilines is 2. The molecule has 0 spiro atoms. The van der Waals surface area contributed by atoms with Crippen molar-refractivity contribution in [2.24, 2.45) is 0 Å². The standard InChI is InChI=1S/C10H19N5O/c1-5-7(3)15(4)9-12-8(11)13-10(14-9)16-6-2/h7H,5-6H2,1-4H3,(H2,11,12,13,14). The van der Waals surface area contributed by atoms with E-state index in [1.807, 2.05) is 18.9 Å². The molecule has 0 saturated carbocycles. The van der Waals surface area contributed by atoms with Gasteiger partial charge in [-0.2, -0.15) is 15.0 Å². The van der Waals surface area contributed by atoms with Gasteiger partial charge in [0, 0.05) is 13.1 Å². The van der Waals surface area contributed by atoms with Gasteiger partial charge in [0.15, 0.2) is 0 Å². The fraction of sp³-hybridized carbons (Fsp3) is 0.700. The minimum absolute atomic E-state index is 0.184. The first-order chi connectivity index (χ1) is 7.58. The summed E-state index contributed by atoms with van der Waals surface area (Å²) in [7, 11) is 1.93. The SMILES string of the molecule is CCOc1nc(N)nc(N(C)C(C)CC)n1. The smallest absolute Gasteiger partial charge is 0.323 e. The maximum atomic E-state index is 5.60. The van der Waals surface area contributed by atoms with E-state index in [2.05, 4.69) is 28.8 Å². The molecule has 1 aromatic heterocycles. The Labute approximate surface area is 95.9 Å².